The number of hydrogen-bond donors (Lipinski definition) is 1. The molecule has 2 aliphatic heterocycles. The maximum atomic E-state index is 11.8. The van der Waals surface area contributed by atoms with E-state index in [0.717, 1.165) is 6.42 Å². The van der Waals surface area contributed by atoms with Crippen molar-refractivity contribution in [2.24, 2.45) is 5.92 Å². The largest absolute Gasteiger partial charge is 0.481 e. The van der Waals surface area contributed by atoms with Gasteiger partial charge in [0.15, 0.2) is 0 Å². The average Bonchev–Trinajstić information content (AvgIpc) is 2.66. The highest BCUT2D eigenvalue weighted by molar-refractivity contribution is 5.81. The third kappa shape index (κ3) is 1.91. The van der Waals surface area contributed by atoms with Crippen molar-refractivity contribution in [3.8, 4) is 0 Å². The average molecular weight is 227 g/mol. The van der Waals surface area contributed by atoms with E-state index in [1.165, 1.54) is 0 Å². The highest BCUT2D eigenvalue weighted by Crippen LogP contribution is 2.31. The van der Waals surface area contributed by atoms with E-state index < -0.39 is 11.9 Å². The maximum absolute atomic E-state index is 11.8. The number of nitrogens with zero attached hydrogens (tertiary/aromatic N) is 1. The van der Waals surface area contributed by atoms with E-state index in [-0.39, 0.29) is 11.4 Å². The minimum Gasteiger partial charge on any atom is -0.481 e. The number of amides is 1. The van der Waals surface area contributed by atoms with Crippen molar-refractivity contribution >= 4 is 11.9 Å². The van der Waals surface area contributed by atoms with Gasteiger partial charge in [-0.25, -0.2) is 0 Å². The zero-order chi connectivity index (χ0) is 11.8. The van der Waals surface area contributed by atoms with Gasteiger partial charge in [0.05, 0.1) is 18.1 Å². The van der Waals surface area contributed by atoms with Crippen LogP contribution in [0.4, 0.5) is 0 Å². The van der Waals surface area contributed by atoms with E-state index >= 15 is 0 Å². The first-order valence-electron chi connectivity index (χ1n) is 5.64. The summed E-state index contributed by atoms with van der Waals surface area (Å²) in [6, 6.07) is 0. The van der Waals surface area contributed by atoms with Crippen LogP contribution in [0.3, 0.4) is 0 Å². The summed E-state index contributed by atoms with van der Waals surface area (Å²) in [6.07, 6.45) is 1.60. The summed E-state index contributed by atoms with van der Waals surface area (Å²) in [5, 5.41) is 9.00. The quantitative estimate of drug-likeness (QED) is 0.745. The van der Waals surface area contributed by atoms with E-state index in [1.54, 1.807) is 4.90 Å². The molecular formula is C11H17NO4. The van der Waals surface area contributed by atoms with Gasteiger partial charge in [-0.2, -0.15) is 0 Å². The zero-order valence-electron chi connectivity index (χ0n) is 9.44. The predicted molar refractivity (Wildman–Crippen MR) is 55.9 cm³/mol. The van der Waals surface area contributed by atoms with Crippen LogP contribution in [0.15, 0.2) is 0 Å². The van der Waals surface area contributed by atoms with Crippen LogP contribution < -0.4 is 0 Å². The van der Waals surface area contributed by atoms with Crippen LogP contribution in [0.1, 0.15) is 26.2 Å². The Hall–Kier alpha value is -1.10. The molecule has 2 saturated heterocycles. The molecule has 2 rings (SSSR count). The highest BCUT2D eigenvalue weighted by Gasteiger charge is 2.42. The summed E-state index contributed by atoms with van der Waals surface area (Å²) in [4.78, 5) is 24.5. The van der Waals surface area contributed by atoms with Gasteiger partial charge >= 0.3 is 5.97 Å². The molecule has 16 heavy (non-hydrogen) atoms. The number of hydrogen-bond acceptors (Lipinski definition) is 3. The third-order valence-electron chi connectivity index (χ3n) is 3.61. The summed E-state index contributed by atoms with van der Waals surface area (Å²) in [7, 11) is 0. The second-order valence-electron chi connectivity index (χ2n) is 4.88. The van der Waals surface area contributed by atoms with Crippen LogP contribution >= 0.6 is 0 Å². The van der Waals surface area contributed by atoms with E-state index in [1.807, 2.05) is 6.92 Å². The molecular weight excluding hydrogens is 210 g/mol. The topological polar surface area (TPSA) is 66.8 Å². The molecule has 2 fully saturated rings. The molecule has 0 saturated carbocycles. The Balaban J connectivity index is 2.12. The van der Waals surface area contributed by atoms with Gasteiger partial charge in [-0.05, 0) is 19.8 Å². The Morgan fingerprint density at radius 1 is 1.62 bits per heavy atom. The second-order valence-corrected chi connectivity index (χ2v) is 4.88. The molecule has 2 heterocycles. The van der Waals surface area contributed by atoms with Crippen molar-refractivity contribution in [2.45, 2.75) is 31.7 Å². The van der Waals surface area contributed by atoms with Gasteiger partial charge in [-0.1, -0.05) is 0 Å². The lowest BCUT2D eigenvalue weighted by Gasteiger charge is -2.41. The van der Waals surface area contributed by atoms with Gasteiger partial charge in [0.2, 0.25) is 5.91 Å². The fourth-order valence-corrected chi connectivity index (χ4v) is 2.44. The molecule has 1 N–H and O–H groups in total. The first-order chi connectivity index (χ1) is 7.53. The molecule has 0 spiro atoms. The Morgan fingerprint density at radius 2 is 2.38 bits per heavy atom. The molecule has 0 radical (unpaired) electrons. The van der Waals surface area contributed by atoms with E-state index in [9.17, 15) is 9.59 Å². The number of carboxylic acids is 1. The Kier molecular flexibility index (Phi) is 2.88. The van der Waals surface area contributed by atoms with E-state index in [4.69, 9.17) is 9.84 Å². The van der Waals surface area contributed by atoms with Crippen molar-refractivity contribution in [2.75, 3.05) is 19.8 Å². The van der Waals surface area contributed by atoms with Gasteiger partial charge in [-0.3, -0.25) is 9.59 Å². The summed E-state index contributed by atoms with van der Waals surface area (Å²) in [5.74, 6) is -1.17. The van der Waals surface area contributed by atoms with Crippen LogP contribution in [0.5, 0.6) is 0 Å². The molecule has 0 aliphatic carbocycles. The smallest absolute Gasteiger partial charge is 0.308 e. The van der Waals surface area contributed by atoms with Crippen molar-refractivity contribution in [1.29, 1.82) is 0 Å². The molecule has 2 aliphatic rings. The summed E-state index contributed by atoms with van der Waals surface area (Å²) < 4.78 is 5.32. The van der Waals surface area contributed by atoms with Gasteiger partial charge < -0.3 is 14.7 Å². The molecule has 0 aromatic carbocycles. The lowest BCUT2D eigenvalue weighted by atomic mass is 9.90. The van der Waals surface area contributed by atoms with Crippen molar-refractivity contribution in [3.05, 3.63) is 0 Å². The van der Waals surface area contributed by atoms with Crippen LogP contribution in [0.2, 0.25) is 0 Å². The highest BCUT2D eigenvalue weighted by atomic mass is 16.5. The first-order valence-corrected chi connectivity index (χ1v) is 5.64. The Labute approximate surface area is 94.4 Å². The molecule has 5 nitrogen and oxygen atoms in total. The summed E-state index contributed by atoms with van der Waals surface area (Å²) in [5.41, 5.74) is -0.300. The van der Waals surface area contributed by atoms with Crippen molar-refractivity contribution in [1.82, 2.24) is 4.90 Å². The van der Waals surface area contributed by atoms with Crippen molar-refractivity contribution in [3.63, 3.8) is 0 Å². The first kappa shape index (κ1) is 11.4. The van der Waals surface area contributed by atoms with Crippen LogP contribution in [-0.4, -0.2) is 47.2 Å². The van der Waals surface area contributed by atoms with Crippen LogP contribution in [0.25, 0.3) is 0 Å². The zero-order valence-corrected chi connectivity index (χ0v) is 9.44. The molecule has 1 amide bonds. The predicted octanol–water partition coefficient (Wildman–Crippen LogP) is 0.489. The number of rotatable bonds is 2. The summed E-state index contributed by atoms with van der Waals surface area (Å²) >= 11 is 0. The van der Waals surface area contributed by atoms with E-state index in [2.05, 4.69) is 0 Å². The van der Waals surface area contributed by atoms with E-state index in [0.29, 0.717) is 32.6 Å². The molecule has 90 valence electrons. The summed E-state index contributed by atoms with van der Waals surface area (Å²) in [6.45, 7) is 3.47. The molecule has 0 aromatic heterocycles. The lowest BCUT2D eigenvalue weighted by molar-refractivity contribution is -0.151. The molecule has 2 unspecified atom stereocenters. The van der Waals surface area contributed by atoms with Crippen LogP contribution in [-0.2, 0) is 14.3 Å². The van der Waals surface area contributed by atoms with Gasteiger partial charge in [-0.15, -0.1) is 0 Å². The van der Waals surface area contributed by atoms with Gasteiger partial charge in [0.25, 0.3) is 0 Å². The molecule has 5 heteroatoms. The monoisotopic (exact) mass is 227 g/mol. The van der Waals surface area contributed by atoms with Crippen molar-refractivity contribution < 1.29 is 19.4 Å². The van der Waals surface area contributed by atoms with Gasteiger partial charge in [0, 0.05) is 19.6 Å². The number of carbonyl (C=O) groups excluding carboxylic acids is 1. The number of carboxylic acid groups (broad SMARTS) is 1. The fourth-order valence-electron chi connectivity index (χ4n) is 2.44. The molecule has 0 aromatic rings. The fraction of sp³-hybridized carbons (Fsp3) is 0.818. The number of aliphatic carboxylic acids is 1. The lowest BCUT2D eigenvalue weighted by Crippen LogP contribution is -2.55. The standard InChI is InChI=1S/C11H17NO4/c1-11(4-5-16-7-11)12-6-8(10(14)15)2-3-9(12)13/h8H,2-7H2,1H3,(H,14,15). The maximum Gasteiger partial charge on any atom is 0.308 e. The normalized spacial score (nSPS) is 35.4. The SMILES string of the molecule is CC1(N2CC(C(=O)O)CCC2=O)CCOC1. The van der Waals surface area contributed by atoms with Gasteiger partial charge in [0.1, 0.15) is 0 Å². The number of carbonyl (C=O) groups is 2. The Bertz CT molecular complexity index is 309. The Morgan fingerprint density at radius 3 is 2.94 bits per heavy atom. The number of piperidine rings is 1. The number of ether oxygens (including phenoxy) is 1. The molecule has 0 bridgehead atoms. The second kappa shape index (κ2) is 4.05. The minimum absolute atomic E-state index is 0.0606. The third-order valence-corrected chi connectivity index (χ3v) is 3.61. The number of likely N-dealkylation sites (tertiary alicyclic amines) is 1. The molecule has 2 atom stereocenters. The van der Waals surface area contributed by atoms with Crippen LogP contribution in [0, 0.1) is 5.92 Å². The minimum atomic E-state index is -0.806.